The van der Waals surface area contributed by atoms with Crippen molar-refractivity contribution in [3.63, 3.8) is 0 Å². The molecule has 1 amide bonds. The molecule has 1 aliphatic rings. The summed E-state index contributed by atoms with van der Waals surface area (Å²) < 4.78 is 28.2. The Morgan fingerprint density at radius 1 is 1.24 bits per heavy atom. The van der Waals surface area contributed by atoms with Crippen molar-refractivity contribution in [1.82, 2.24) is 13.9 Å². The highest BCUT2D eigenvalue weighted by molar-refractivity contribution is 14.1. The van der Waals surface area contributed by atoms with Gasteiger partial charge in [-0.05, 0) is 66.8 Å². The van der Waals surface area contributed by atoms with Crippen LogP contribution in [0, 0.1) is 15.0 Å². The molecule has 4 rings (SSSR count). The zero-order chi connectivity index (χ0) is 24.0. The molecule has 8 nitrogen and oxygen atoms in total. The van der Waals surface area contributed by atoms with Crippen LogP contribution >= 0.6 is 22.6 Å². The molecule has 0 aliphatic carbocycles. The second kappa shape index (κ2) is 8.31. The summed E-state index contributed by atoms with van der Waals surface area (Å²) in [6, 6.07) is 13.1. The van der Waals surface area contributed by atoms with Crippen molar-refractivity contribution in [1.29, 1.82) is 5.26 Å². The summed E-state index contributed by atoms with van der Waals surface area (Å²) in [5.41, 5.74) is 6.09. The van der Waals surface area contributed by atoms with E-state index >= 15 is 0 Å². The smallest absolute Gasteiger partial charge is 0.270 e. The van der Waals surface area contributed by atoms with E-state index in [0.29, 0.717) is 20.3 Å². The molecular formula is C23H20IN5O3S. The Morgan fingerprint density at radius 2 is 1.94 bits per heavy atom. The molecule has 1 aliphatic heterocycles. The van der Waals surface area contributed by atoms with Gasteiger partial charge in [0.2, 0.25) is 5.91 Å². The third-order valence-electron chi connectivity index (χ3n) is 5.39. The summed E-state index contributed by atoms with van der Waals surface area (Å²) >= 11 is 1.97. The van der Waals surface area contributed by atoms with E-state index in [9.17, 15) is 18.5 Å². The number of halogens is 1. The Hall–Kier alpha value is -3.17. The zero-order valence-electron chi connectivity index (χ0n) is 17.8. The van der Waals surface area contributed by atoms with Crippen LogP contribution in [0.4, 0.5) is 0 Å². The molecule has 1 unspecified atom stereocenters. The van der Waals surface area contributed by atoms with Crippen molar-refractivity contribution >= 4 is 55.3 Å². The quantitative estimate of drug-likeness (QED) is 0.468. The lowest BCUT2D eigenvalue weighted by Gasteiger charge is -2.42. The number of primary amides is 1. The van der Waals surface area contributed by atoms with Crippen LogP contribution in [0.3, 0.4) is 0 Å². The molecule has 3 heterocycles. The van der Waals surface area contributed by atoms with Gasteiger partial charge < -0.3 is 10.6 Å². The van der Waals surface area contributed by atoms with Crippen molar-refractivity contribution in [2.45, 2.75) is 30.3 Å². The molecule has 1 aromatic carbocycles. The van der Waals surface area contributed by atoms with Crippen molar-refractivity contribution in [3.8, 4) is 6.07 Å². The molecule has 10 heteroatoms. The molecule has 0 fully saturated rings. The predicted molar refractivity (Wildman–Crippen MR) is 133 cm³/mol. The van der Waals surface area contributed by atoms with E-state index in [2.05, 4.69) is 11.1 Å². The van der Waals surface area contributed by atoms with Crippen LogP contribution in [0.2, 0.25) is 0 Å². The second-order valence-corrected chi connectivity index (χ2v) is 10.9. The first-order valence-corrected chi connectivity index (χ1v) is 12.5. The van der Waals surface area contributed by atoms with Crippen molar-refractivity contribution < 1.29 is 13.2 Å². The van der Waals surface area contributed by atoms with E-state index in [1.807, 2.05) is 22.6 Å². The van der Waals surface area contributed by atoms with Gasteiger partial charge >= 0.3 is 0 Å². The summed E-state index contributed by atoms with van der Waals surface area (Å²) in [5, 5.41) is 10.3. The van der Waals surface area contributed by atoms with Crippen molar-refractivity contribution in [2.75, 3.05) is 0 Å². The Labute approximate surface area is 205 Å². The maximum absolute atomic E-state index is 13.3. The number of hydrogen-bond acceptors (Lipinski definition) is 6. The molecule has 0 spiro atoms. The molecule has 1 atom stereocenters. The molecule has 33 heavy (non-hydrogen) atoms. The fourth-order valence-electron chi connectivity index (χ4n) is 3.83. The van der Waals surface area contributed by atoms with Gasteiger partial charge in [-0.3, -0.25) is 4.79 Å². The van der Waals surface area contributed by atoms with E-state index < -0.39 is 27.5 Å². The first kappa shape index (κ1) is 23.0. The number of hydrogen-bond donors (Lipinski definition) is 1. The number of benzene rings is 1. The molecule has 2 N–H and O–H groups in total. The summed E-state index contributed by atoms with van der Waals surface area (Å²) in [7, 11) is -3.84. The SMILES string of the molecule is CC(C)(C#N)N1C(c2cnc3c(c2)cc(I)n3S(=O)(=O)c2ccccc2)=CC=CC1C(N)=O. The fourth-order valence-corrected chi connectivity index (χ4v) is 6.55. The number of amides is 1. The number of carbonyl (C=O) groups excluding carboxylic acids is 1. The Morgan fingerprint density at radius 3 is 2.58 bits per heavy atom. The third kappa shape index (κ3) is 3.91. The minimum atomic E-state index is -3.84. The average Bonchev–Trinajstić information content (AvgIpc) is 3.14. The number of allylic oxidation sites excluding steroid dienone is 2. The monoisotopic (exact) mass is 573 g/mol. The standard InChI is InChI=1S/C23H20IN5O3S/c1-23(2,14-25)28-18(9-6-10-19(28)21(26)30)16-11-15-12-20(24)29(22(15)27-13-16)33(31,32)17-7-4-3-5-8-17/h3-13,19H,1-2H3,(H2,26,30). The van der Waals surface area contributed by atoms with Gasteiger partial charge in [-0.2, -0.15) is 5.26 Å². The minimum Gasteiger partial charge on any atom is -0.368 e. The van der Waals surface area contributed by atoms with Gasteiger partial charge in [0.15, 0.2) is 5.65 Å². The highest BCUT2D eigenvalue weighted by Crippen LogP contribution is 2.34. The lowest BCUT2D eigenvalue weighted by molar-refractivity contribution is -0.121. The minimum absolute atomic E-state index is 0.165. The number of nitriles is 1. The third-order valence-corrected chi connectivity index (χ3v) is 8.23. The molecule has 3 aromatic rings. The molecular weight excluding hydrogens is 553 g/mol. The number of pyridine rings is 1. The lowest BCUT2D eigenvalue weighted by atomic mass is 9.95. The van der Waals surface area contributed by atoms with E-state index in [1.54, 1.807) is 73.5 Å². The maximum Gasteiger partial charge on any atom is 0.270 e. The summed E-state index contributed by atoms with van der Waals surface area (Å²) in [6.45, 7) is 3.40. The lowest BCUT2D eigenvalue weighted by Crippen LogP contribution is -2.53. The van der Waals surface area contributed by atoms with Crippen LogP contribution < -0.4 is 5.73 Å². The van der Waals surface area contributed by atoms with Gasteiger partial charge in [-0.1, -0.05) is 30.4 Å². The molecule has 0 saturated carbocycles. The van der Waals surface area contributed by atoms with E-state index in [0.717, 1.165) is 0 Å². The normalized spacial score (nSPS) is 16.5. The Kier molecular flexibility index (Phi) is 5.79. The summed E-state index contributed by atoms with van der Waals surface area (Å²) in [4.78, 5) is 18.4. The first-order valence-electron chi connectivity index (χ1n) is 9.94. The molecule has 168 valence electrons. The summed E-state index contributed by atoms with van der Waals surface area (Å²) in [6.07, 6.45) is 6.68. The number of nitrogens with zero attached hydrogens (tertiary/aromatic N) is 4. The largest absolute Gasteiger partial charge is 0.368 e. The van der Waals surface area contributed by atoms with E-state index in [1.165, 1.54) is 16.1 Å². The zero-order valence-corrected chi connectivity index (χ0v) is 20.8. The van der Waals surface area contributed by atoms with E-state index in [4.69, 9.17) is 5.73 Å². The number of rotatable bonds is 5. The first-order chi connectivity index (χ1) is 15.6. The second-order valence-electron chi connectivity index (χ2n) is 8.01. The number of nitrogens with two attached hydrogens (primary N) is 1. The van der Waals surface area contributed by atoms with Crippen LogP contribution in [0.15, 0.2) is 71.8 Å². The predicted octanol–water partition coefficient (Wildman–Crippen LogP) is 3.25. The van der Waals surface area contributed by atoms with Crippen molar-refractivity contribution in [3.05, 3.63) is 76.2 Å². The van der Waals surface area contributed by atoms with Crippen molar-refractivity contribution in [2.24, 2.45) is 5.73 Å². The van der Waals surface area contributed by atoms with Crippen LogP contribution in [0.25, 0.3) is 16.7 Å². The van der Waals surface area contributed by atoms with Crippen LogP contribution in [-0.2, 0) is 14.8 Å². The molecule has 0 radical (unpaired) electrons. The van der Waals surface area contributed by atoms with Gasteiger partial charge in [0, 0.05) is 22.8 Å². The maximum atomic E-state index is 13.3. The number of aromatic nitrogens is 2. The van der Waals surface area contributed by atoms with Gasteiger partial charge in [-0.25, -0.2) is 17.4 Å². The Bertz CT molecular complexity index is 1470. The Balaban J connectivity index is 1.86. The van der Waals surface area contributed by atoms with Crippen LogP contribution in [0.1, 0.15) is 19.4 Å². The fraction of sp³-hybridized carbons (Fsp3) is 0.174. The van der Waals surface area contributed by atoms with Crippen LogP contribution in [0.5, 0.6) is 0 Å². The van der Waals surface area contributed by atoms with Gasteiger partial charge in [0.05, 0.1) is 14.7 Å². The van der Waals surface area contributed by atoms with E-state index in [-0.39, 0.29) is 10.5 Å². The molecule has 2 aromatic heterocycles. The molecule has 0 bridgehead atoms. The summed E-state index contributed by atoms with van der Waals surface area (Å²) in [5.74, 6) is -0.580. The molecule has 0 saturated heterocycles. The number of fused-ring (bicyclic) bond motifs is 1. The van der Waals surface area contributed by atoms with Gasteiger partial charge in [-0.15, -0.1) is 0 Å². The van der Waals surface area contributed by atoms with Gasteiger partial charge in [0.1, 0.15) is 11.6 Å². The number of carbonyl (C=O) groups is 1. The highest BCUT2D eigenvalue weighted by Gasteiger charge is 2.38. The average molecular weight is 573 g/mol. The van der Waals surface area contributed by atoms with Gasteiger partial charge in [0.25, 0.3) is 10.0 Å². The highest BCUT2D eigenvalue weighted by atomic mass is 127. The topological polar surface area (TPSA) is 122 Å². The van der Waals surface area contributed by atoms with Crippen LogP contribution in [-0.4, -0.2) is 39.8 Å².